The van der Waals surface area contributed by atoms with E-state index in [2.05, 4.69) is 0 Å². The van der Waals surface area contributed by atoms with Gasteiger partial charge in [-0.2, -0.15) is 0 Å². The molecule has 2 aliphatic rings. The number of fused-ring (bicyclic) bond motifs is 1. The zero-order valence-electron chi connectivity index (χ0n) is 15.9. The second kappa shape index (κ2) is 8.17. The minimum absolute atomic E-state index is 0.0237. The maximum absolute atomic E-state index is 13.1. The van der Waals surface area contributed by atoms with Gasteiger partial charge in [0.05, 0.1) is 17.8 Å². The van der Waals surface area contributed by atoms with Crippen LogP contribution in [-0.2, 0) is 0 Å². The van der Waals surface area contributed by atoms with E-state index in [9.17, 15) is 19.7 Å². The van der Waals surface area contributed by atoms with Crippen LogP contribution in [0.4, 0.5) is 10.1 Å². The van der Waals surface area contributed by atoms with Crippen molar-refractivity contribution in [3.63, 3.8) is 0 Å². The minimum atomic E-state index is -1.12. The van der Waals surface area contributed by atoms with Gasteiger partial charge in [0.15, 0.2) is 5.75 Å². The van der Waals surface area contributed by atoms with Gasteiger partial charge in [-0.1, -0.05) is 30.3 Å². The van der Waals surface area contributed by atoms with Crippen LogP contribution in [0.3, 0.4) is 0 Å². The molecule has 1 aliphatic heterocycles. The smallest absolute Gasteiger partial charge is 0.150 e. The van der Waals surface area contributed by atoms with Gasteiger partial charge in [-0.25, -0.2) is 4.39 Å². The third-order valence-electron chi connectivity index (χ3n) is 5.42. The summed E-state index contributed by atoms with van der Waals surface area (Å²) < 4.78 is 19.3. The number of β-amino-alcohol motifs (C(OH)–C–C–N with tert-alkyl or cyclic N) is 1. The Morgan fingerprint density at radius 1 is 1.17 bits per heavy atom. The fraction of sp³-hybridized carbons (Fsp3) is 0.304. The molecule has 0 fully saturated rings. The van der Waals surface area contributed by atoms with Crippen molar-refractivity contribution in [2.24, 2.45) is 5.92 Å². The van der Waals surface area contributed by atoms with E-state index in [-0.39, 0.29) is 30.0 Å². The number of ether oxygens (including phenoxy) is 1. The number of benzene rings is 2. The summed E-state index contributed by atoms with van der Waals surface area (Å²) in [6.45, 7) is -0.378. The lowest BCUT2D eigenvalue weighted by atomic mass is 9.89. The highest BCUT2D eigenvalue weighted by Gasteiger charge is 2.35. The van der Waals surface area contributed by atoms with Crippen LogP contribution in [0.5, 0.6) is 11.5 Å². The molecule has 6 heteroatoms. The molecule has 152 valence electrons. The molecule has 2 aromatic rings. The summed E-state index contributed by atoms with van der Waals surface area (Å²) in [5, 5.41) is 29.8. The fourth-order valence-electron chi connectivity index (χ4n) is 4.06. The Kier molecular flexibility index (Phi) is 5.45. The topological polar surface area (TPSA) is 73.2 Å². The second-order valence-electron chi connectivity index (χ2n) is 7.44. The Hall–Kier alpha value is -2.99. The zero-order valence-corrected chi connectivity index (χ0v) is 15.9. The molecule has 0 saturated carbocycles. The summed E-state index contributed by atoms with van der Waals surface area (Å²) in [4.78, 5) is 1.98. The summed E-state index contributed by atoms with van der Waals surface area (Å²) in [6.07, 6.45) is 4.95. The number of aromatic hydroxyl groups is 1. The third kappa shape index (κ3) is 3.93. The van der Waals surface area contributed by atoms with E-state index in [4.69, 9.17) is 4.74 Å². The van der Waals surface area contributed by atoms with E-state index < -0.39 is 12.8 Å². The molecule has 0 saturated heterocycles. The molecule has 2 aromatic carbocycles. The highest BCUT2D eigenvalue weighted by molar-refractivity contribution is 5.80. The van der Waals surface area contributed by atoms with Crippen LogP contribution in [0.2, 0.25) is 0 Å². The van der Waals surface area contributed by atoms with Gasteiger partial charge in [-0.15, -0.1) is 0 Å². The summed E-state index contributed by atoms with van der Waals surface area (Å²) in [7, 11) is 0. The first-order valence-electron chi connectivity index (χ1n) is 9.70. The average molecular weight is 397 g/mol. The summed E-state index contributed by atoms with van der Waals surface area (Å²) in [5.41, 5.74) is 2.39. The lowest BCUT2D eigenvalue weighted by Gasteiger charge is -2.43. The first-order chi connectivity index (χ1) is 14.1. The van der Waals surface area contributed by atoms with Crippen LogP contribution in [0, 0.1) is 5.92 Å². The number of para-hydroxylation sites is 1. The van der Waals surface area contributed by atoms with Crippen LogP contribution < -0.4 is 9.64 Å². The Labute approximate surface area is 169 Å². The maximum Gasteiger partial charge on any atom is 0.150 e. The van der Waals surface area contributed by atoms with Gasteiger partial charge < -0.3 is 25.0 Å². The van der Waals surface area contributed by atoms with E-state index in [0.717, 1.165) is 23.2 Å². The van der Waals surface area contributed by atoms with Crippen molar-refractivity contribution in [1.82, 2.24) is 0 Å². The summed E-state index contributed by atoms with van der Waals surface area (Å²) in [6, 6.07) is 12.4. The van der Waals surface area contributed by atoms with Crippen LogP contribution in [0.25, 0.3) is 11.1 Å². The van der Waals surface area contributed by atoms with Crippen LogP contribution in [0.1, 0.15) is 6.42 Å². The zero-order chi connectivity index (χ0) is 20.4. The molecule has 1 unspecified atom stereocenters. The highest BCUT2D eigenvalue weighted by atomic mass is 19.1. The lowest BCUT2D eigenvalue weighted by molar-refractivity contribution is 0.133. The van der Waals surface area contributed by atoms with Crippen molar-refractivity contribution in [3.05, 3.63) is 66.5 Å². The predicted molar refractivity (Wildman–Crippen MR) is 110 cm³/mol. The van der Waals surface area contributed by atoms with E-state index in [1.54, 1.807) is 30.4 Å². The largest absolute Gasteiger partial charge is 0.508 e. The second-order valence-corrected chi connectivity index (χ2v) is 7.44. The van der Waals surface area contributed by atoms with Crippen molar-refractivity contribution < 1.29 is 24.4 Å². The molecule has 0 bridgehead atoms. The van der Waals surface area contributed by atoms with Gasteiger partial charge in [-0.05, 0) is 42.3 Å². The van der Waals surface area contributed by atoms with Gasteiger partial charge in [0.25, 0.3) is 0 Å². The van der Waals surface area contributed by atoms with Gasteiger partial charge in [-0.3, -0.25) is 0 Å². The summed E-state index contributed by atoms with van der Waals surface area (Å²) in [5.74, 6) is 0.976. The quantitative estimate of drug-likeness (QED) is 0.712. The number of alkyl halides is 1. The Bertz CT molecular complexity index is 942. The monoisotopic (exact) mass is 397 g/mol. The number of nitrogens with zero attached hydrogens (tertiary/aromatic N) is 1. The number of aliphatic hydroxyl groups excluding tert-OH is 2. The molecule has 29 heavy (non-hydrogen) atoms. The molecule has 1 heterocycles. The fourth-order valence-corrected chi connectivity index (χ4v) is 4.06. The van der Waals surface area contributed by atoms with Crippen molar-refractivity contribution in [3.8, 4) is 22.6 Å². The maximum atomic E-state index is 13.1. The van der Waals surface area contributed by atoms with Crippen molar-refractivity contribution in [1.29, 1.82) is 0 Å². The number of rotatable bonds is 5. The lowest BCUT2D eigenvalue weighted by Crippen LogP contribution is -2.50. The molecule has 1 aliphatic carbocycles. The van der Waals surface area contributed by atoms with E-state index in [0.29, 0.717) is 12.4 Å². The molecule has 3 atom stereocenters. The minimum Gasteiger partial charge on any atom is -0.508 e. The van der Waals surface area contributed by atoms with Crippen LogP contribution in [-0.4, -0.2) is 47.3 Å². The van der Waals surface area contributed by atoms with E-state index in [1.165, 1.54) is 0 Å². The molecular weight excluding hydrogens is 373 g/mol. The standard InChI is InChI=1S/C23H24FNO4/c24-12-19(28)13-25-21-9-3-8-20(15-4-1-6-17(26)10-15)23(21)29-14-22(25)16-5-2-7-18(27)11-16/h1-4,6-11,16,19,22,26-28H,5,12-14H2/t16-,19+,22?/m0/s1. The van der Waals surface area contributed by atoms with Crippen LogP contribution in [0.15, 0.2) is 66.5 Å². The van der Waals surface area contributed by atoms with Gasteiger partial charge in [0.2, 0.25) is 0 Å². The molecule has 0 radical (unpaired) electrons. The van der Waals surface area contributed by atoms with E-state index >= 15 is 0 Å². The first-order valence-corrected chi connectivity index (χ1v) is 9.70. The van der Waals surface area contributed by atoms with Crippen molar-refractivity contribution >= 4 is 5.69 Å². The number of anilines is 1. The van der Waals surface area contributed by atoms with E-state index in [1.807, 2.05) is 35.2 Å². The Morgan fingerprint density at radius 3 is 2.76 bits per heavy atom. The number of phenolic OH excluding ortho intramolecular Hbond substituents is 1. The summed E-state index contributed by atoms with van der Waals surface area (Å²) >= 11 is 0. The molecule has 4 rings (SSSR count). The third-order valence-corrected chi connectivity index (χ3v) is 5.42. The van der Waals surface area contributed by atoms with Crippen molar-refractivity contribution in [2.75, 3.05) is 24.7 Å². The van der Waals surface area contributed by atoms with Gasteiger partial charge >= 0.3 is 0 Å². The molecule has 3 N–H and O–H groups in total. The predicted octanol–water partition coefficient (Wildman–Crippen LogP) is 3.98. The average Bonchev–Trinajstić information content (AvgIpc) is 2.73. The SMILES string of the molecule is OC1=C[C@@H](C2COc3c(-c4cccc(O)c4)cccc3N2C[C@H](O)CF)CC=C1. The van der Waals surface area contributed by atoms with Crippen LogP contribution >= 0.6 is 0 Å². The molecule has 0 amide bonds. The molecule has 0 spiro atoms. The van der Waals surface area contributed by atoms with Gasteiger partial charge in [0.1, 0.15) is 24.8 Å². The van der Waals surface area contributed by atoms with Gasteiger partial charge in [0, 0.05) is 18.0 Å². The molecule has 5 nitrogen and oxygen atoms in total. The normalized spacial score (nSPS) is 21.9. The van der Waals surface area contributed by atoms with Crippen molar-refractivity contribution in [2.45, 2.75) is 18.6 Å². The number of hydrogen-bond acceptors (Lipinski definition) is 5. The highest BCUT2D eigenvalue weighted by Crippen LogP contribution is 2.44. The number of hydrogen-bond donors (Lipinski definition) is 3. The number of aliphatic hydroxyl groups is 2. The number of phenols is 1. The molecular formula is C23H24FNO4. The number of allylic oxidation sites excluding steroid dienone is 2. The Morgan fingerprint density at radius 2 is 2.00 bits per heavy atom. The first kappa shape index (κ1) is 19.3. The Balaban J connectivity index is 1.75. The number of halogens is 1. The molecule has 0 aromatic heterocycles.